The van der Waals surface area contributed by atoms with Crippen molar-refractivity contribution in [3.63, 3.8) is 0 Å². The molecule has 2 aliphatic heterocycles. The molecule has 2 saturated heterocycles. The molecule has 0 atom stereocenters. The van der Waals surface area contributed by atoms with Crippen molar-refractivity contribution < 1.29 is 19.0 Å². The fourth-order valence-corrected chi connectivity index (χ4v) is 3.92. The zero-order valence-electron chi connectivity index (χ0n) is 18.8. The summed E-state index contributed by atoms with van der Waals surface area (Å²) in [7, 11) is 3.13. The first-order valence-corrected chi connectivity index (χ1v) is 10.8. The van der Waals surface area contributed by atoms with E-state index < -0.39 is 0 Å². The Balaban J connectivity index is 1.39. The Hall–Kier alpha value is -3.27. The average molecular weight is 443 g/mol. The van der Waals surface area contributed by atoms with Gasteiger partial charge in [-0.15, -0.1) is 0 Å². The molecule has 0 spiro atoms. The lowest BCUT2D eigenvalue weighted by Crippen LogP contribution is -2.50. The highest BCUT2D eigenvalue weighted by molar-refractivity contribution is 5.91. The number of carbonyl (C=O) groups excluding carboxylic acids is 1. The van der Waals surface area contributed by atoms with Crippen LogP contribution in [0.5, 0.6) is 11.5 Å². The fraction of sp³-hybridized carbons (Fsp3) is 0.500. The van der Waals surface area contributed by atoms with Gasteiger partial charge < -0.3 is 34.2 Å². The zero-order chi connectivity index (χ0) is 22.5. The molecule has 1 N–H and O–H groups in total. The minimum Gasteiger partial charge on any atom is -0.493 e. The molecule has 0 radical (unpaired) electrons. The number of amides is 2. The smallest absolute Gasteiger partial charge is 0.322 e. The van der Waals surface area contributed by atoms with Crippen LogP contribution in [0, 0.1) is 6.92 Å². The van der Waals surface area contributed by atoms with Crippen molar-refractivity contribution in [2.24, 2.45) is 0 Å². The first-order valence-electron chi connectivity index (χ1n) is 10.8. The van der Waals surface area contributed by atoms with Crippen molar-refractivity contribution >= 4 is 23.5 Å². The minimum atomic E-state index is -0.163. The monoisotopic (exact) mass is 442 g/mol. The third-order valence-corrected chi connectivity index (χ3v) is 5.66. The van der Waals surface area contributed by atoms with E-state index in [4.69, 9.17) is 19.2 Å². The lowest BCUT2D eigenvalue weighted by molar-refractivity contribution is 0.122. The van der Waals surface area contributed by atoms with Gasteiger partial charge in [0.1, 0.15) is 5.82 Å². The third-order valence-electron chi connectivity index (χ3n) is 5.66. The molecular formula is C22H30N6O4. The van der Waals surface area contributed by atoms with Crippen LogP contribution in [-0.4, -0.2) is 87.6 Å². The molecule has 0 aliphatic carbocycles. The van der Waals surface area contributed by atoms with Crippen molar-refractivity contribution in [1.82, 2.24) is 14.9 Å². The van der Waals surface area contributed by atoms with Crippen molar-refractivity contribution in [3.8, 4) is 11.5 Å². The van der Waals surface area contributed by atoms with Gasteiger partial charge in [0.2, 0.25) is 5.95 Å². The van der Waals surface area contributed by atoms with Crippen LogP contribution in [0.15, 0.2) is 24.3 Å². The van der Waals surface area contributed by atoms with E-state index in [1.807, 2.05) is 19.1 Å². The second-order valence-electron chi connectivity index (χ2n) is 7.71. The van der Waals surface area contributed by atoms with Crippen LogP contribution < -0.4 is 24.6 Å². The highest BCUT2D eigenvalue weighted by Gasteiger charge is 2.24. The van der Waals surface area contributed by atoms with Gasteiger partial charge in [-0.1, -0.05) is 6.07 Å². The molecule has 4 rings (SSSR count). The van der Waals surface area contributed by atoms with Gasteiger partial charge in [0.05, 0.1) is 33.1 Å². The molecule has 1 aromatic heterocycles. The van der Waals surface area contributed by atoms with E-state index in [9.17, 15) is 4.79 Å². The van der Waals surface area contributed by atoms with E-state index in [0.717, 1.165) is 30.5 Å². The summed E-state index contributed by atoms with van der Waals surface area (Å²) >= 11 is 0. The van der Waals surface area contributed by atoms with E-state index in [1.165, 1.54) is 0 Å². The van der Waals surface area contributed by atoms with Gasteiger partial charge in [0.15, 0.2) is 11.5 Å². The summed E-state index contributed by atoms with van der Waals surface area (Å²) in [5.41, 5.74) is 1.52. The highest BCUT2D eigenvalue weighted by atomic mass is 16.5. The normalized spacial score (nSPS) is 16.7. The molecule has 0 unspecified atom stereocenters. The van der Waals surface area contributed by atoms with Crippen LogP contribution >= 0.6 is 0 Å². The van der Waals surface area contributed by atoms with Crippen LogP contribution in [0.3, 0.4) is 0 Å². The number of benzene rings is 1. The molecule has 2 aromatic rings. The van der Waals surface area contributed by atoms with Crippen LogP contribution in [0.4, 0.5) is 22.2 Å². The summed E-state index contributed by atoms with van der Waals surface area (Å²) in [6.07, 6.45) is 0. The number of morpholine rings is 1. The Labute approximate surface area is 188 Å². The highest BCUT2D eigenvalue weighted by Crippen LogP contribution is 2.34. The van der Waals surface area contributed by atoms with Gasteiger partial charge in [0.25, 0.3) is 0 Å². The second-order valence-corrected chi connectivity index (χ2v) is 7.71. The molecule has 32 heavy (non-hydrogen) atoms. The van der Waals surface area contributed by atoms with Crippen molar-refractivity contribution in [3.05, 3.63) is 30.0 Å². The van der Waals surface area contributed by atoms with Gasteiger partial charge >= 0.3 is 6.03 Å². The standard InChI is InChI=1S/C22H30N6O4/c1-16-15-19(25-21(23-16)27-11-13-32-14-12-27)26-7-9-28(10-8-26)22(29)24-17-5-4-6-18(30-2)20(17)31-3/h4-6,15H,7-14H2,1-3H3,(H,24,29). The number of ether oxygens (including phenoxy) is 3. The molecule has 1 aromatic carbocycles. The SMILES string of the molecule is COc1cccc(NC(=O)N2CCN(c3cc(C)nc(N4CCOCC4)n3)CC2)c1OC. The number of hydrogen-bond acceptors (Lipinski definition) is 8. The Kier molecular flexibility index (Phi) is 6.79. The fourth-order valence-electron chi connectivity index (χ4n) is 3.92. The molecule has 2 amide bonds. The maximum Gasteiger partial charge on any atom is 0.322 e. The summed E-state index contributed by atoms with van der Waals surface area (Å²) in [6, 6.07) is 7.25. The summed E-state index contributed by atoms with van der Waals surface area (Å²) in [5, 5.41) is 2.94. The number of urea groups is 1. The predicted octanol–water partition coefficient (Wildman–Crippen LogP) is 1.99. The number of carbonyl (C=O) groups is 1. The number of anilines is 3. The maximum atomic E-state index is 12.8. The third kappa shape index (κ3) is 4.80. The molecule has 2 fully saturated rings. The second kappa shape index (κ2) is 9.90. The Morgan fingerprint density at radius 3 is 2.44 bits per heavy atom. The number of aryl methyl sites for hydroxylation is 1. The molecule has 0 saturated carbocycles. The quantitative estimate of drug-likeness (QED) is 0.752. The lowest BCUT2D eigenvalue weighted by Gasteiger charge is -2.36. The van der Waals surface area contributed by atoms with Gasteiger partial charge in [-0.2, -0.15) is 4.98 Å². The van der Waals surface area contributed by atoms with Crippen LogP contribution in [0.25, 0.3) is 0 Å². The van der Waals surface area contributed by atoms with Crippen LogP contribution in [0.2, 0.25) is 0 Å². The first kappa shape index (κ1) is 21.9. The average Bonchev–Trinajstić information content (AvgIpc) is 2.84. The number of aromatic nitrogens is 2. The van der Waals surface area contributed by atoms with E-state index in [1.54, 1.807) is 31.3 Å². The summed E-state index contributed by atoms with van der Waals surface area (Å²) in [4.78, 5) is 28.4. The first-order chi connectivity index (χ1) is 15.6. The molecular weight excluding hydrogens is 412 g/mol. The predicted molar refractivity (Wildman–Crippen MR) is 122 cm³/mol. The molecule has 2 aliphatic rings. The van der Waals surface area contributed by atoms with Crippen LogP contribution in [0.1, 0.15) is 5.69 Å². The van der Waals surface area contributed by atoms with Gasteiger partial charge in [-0.05, 0) is 19.1 Å². The Morgan fingerprint density at radius 2 is 1.75 bits per heavy atom. The summed E-state index contributed by atoms with van der Waals surface area (Å²) in [6.45, 7) is 7.54. The number of rotatable bonds is 5. The number of para-hydroxylation sites is 1. The number of nitrogens with zero attached hydrogens (tertiary/aromatic N) is 5. The van der Waals surface area contributed by atoms with Crippen molar-refractivity contribution in [2.75, 3.05) is 81.8 Å². The van der Waals surface area contributed by atoms with E-state index in [-0.39, 0.29) is 6.03 Å². The van der Waals surface area contributed by atoms with E-state index >= 15 is 0 Å². The molecule has 3 heterocycles. The van der Waals surface area contributed by atoms with Crippen molar-refractivity contribution in [1.29, 1.82) is 0 Å². The minimum absolute atomic E-state index is 0.163. The maximum absolute atomic E-state index is 12.8. The lowest BCUT2D eigenvalue weighted by atomic mass is 10.2. The van der Waals surface area contributed by atoms with Crippen LogP contribution in [-0.2, 0) is 4.74 Å². The molecule has 10 heteroatoms. The van der Waals surface area contributed by atoms with Crippen molar-refractivity contribution in [2.45, 2.75) is 6.92 Å². The molecule has 10 nitrogen and oxygen atoms in total. The topological polar surface area (TPSA) is 92.3 Å². The van der Waals surface area contributed by atoms with E-state index in [2.05, 4.69) is 20.1 Å². The number of hydrogen-bond donors (Lipinski definition) is 1. The number of nitrogens with one attached hydrogen (secondary N) is 1. The molecule has 0 bridgehead atoms. The van der Waals surface area contributed by atoms with Gasteiger partial charge in [-0.3, -0.25) is 0 Å². The summed E-state index contributed by atoms with van der Waals surface area (Å²) < 4.78 is 16.2. The van der Waals surface area contributed by atoms with E-state index in [0.29, 0.717) is 56.6 Å². The number of methoxy groups -OCH3 is 2. The zero-order valence-corrected chi connectivity index (χ0v) is 18.8. The Morgan fingerprint density at radius 1 is 1.00 bits per heavy atom. The largest absolute Gasteiger partial charge is 0.493 e. The summed E-state index contributed by atoms with van der Waals surface area (Å²) in [5.74, 6) is 2.72. The Bertz CT molecular complexity index is 942. The van der Waals surface area contributed by atoms with Gasteiger partial charge in [0, 0.05) is 51.0 Å². The molecule has 172 valence electrons. The number of piperazine rings is 1. The van der Waals surface area contributed by atoms with Gasteiger partial charge in [-0.25, -0.2) is 9.78 Å².